The van der Waals surface area contributed by atoms with Gasteiger partial charge in [0.1, 0.15) is 11.4 Å². The van der Waals surface area contributed by atoms with Gasteiger partial charge in [-0.15, -0.1) is 0 Å². The van der Waals surface area contributed by atoms with Crippen molar-refractivity contribution in [1.82, 2.24) is 20.0 Å². The van der Waals surface area contributed by atoms with Crippen LogP contribution in [0.1, 0.15) is 77.5 Å². The smallest absolute Gasteiger partial charge is 0.320 e. The lowest BCUT2D eigenvalue weighted by atomic mass is 9.85. The van der Waals surface area contributed by atoms with Crippen LogP contribution in [-0.2, 0) is 27.9 Å². The van der Waals surface area contributed by atoms with E-state index in [9.17, 15) is 4.79 Å². The number of hydrogen-bond acceptors (Lipinski definition) is 7. The molecule has 1 aromatic heterocycles. The molecule has 0 radical (unpaired) electrons. The predicted octanol–water partition coefficient (Wildman–Crippen LogP) is 3.05. The average Bonchev–Trinajstić information content (AvgIpc) is 3.46. The summed E-state index contributed by atoms with van der Waals surface area (Å²) in [5.74, 6) is 2.27. The number of carbonyl (C=O) groups is 1. The Morgan fingerprint density at radius 2 is 1.91 bits per heavy atom. The minimum absolute atomic E-state index is 0.100. The Balaban J connectivity index is 1.35. The van der Waals surface area contributed by atoms with E-state index in [1.807, 2.05) is 20.8 Å². The van der Waals surface area contributed by atoms with E-state index in [1.54, 1.807) is 0 Å². The van der Waals surface area contributed by atoms with Gasteiger partial charge < -0.3 is 19.7 Å². The molecule has 4 rings (SSSR count). The molecule has 0 aromatic carbocycles. The monoisotopic (exact) mass is 475 g/mol. The fraction of sp³-hybridized carbons (Fsp3) is 0.846. The number of nitrogens with one attached hydrogen (secondary N) is 1. The highest BCUT2D eigenvalue weighted by Gasteiger charge is 2.38. The van der Waals surface area contributed by atoms with Gasteiger partial charge in [0.2, 0.25) is 0 Å². The number of esters is 1. The van der Waals surface area contributed by atoms with Crippen molar-refractivity contribution in [2.24, 2.45) is 13.0 Å². The quantitative estimate of drug-likeness (QED) is 0.522. The number of anilines is 1. The van der Waals surface area contributed by atoms with Crippen molar-refractivity contribution >= 4 is 11.8 Å². The molecule has 0 unspecified atom stereocenters. The lowest BCUT2D eigenvalue weighted by molar-refractivity contribution is -0.157. The van der Waals surface area contributed by atoms with Crippen molar-refractivity contribution in [3.8, 4) is 0 Å². The highest BCUT2D eigenvalue weighted by molar-refractivity contribution is 5.72. The molecule has 1 aliphatic heterocycles. The molecule has 8 heteroatoms. The Morgan fingerprint density at radius 3 is 2.50 bits per heavy atom. The van der Waals surface area contributed by atoms with Gasteiger partial charge in [-0.25, -0.2) is 0 Å². The molecule has 34 heavy (non-hydrogen) atoms. The first-order valence-electron chi connectivity index (χ1n) is 13.2. The Hall–Kier alpha value is -1.64. The second-order valence-electron chi connectivity index (χ2n) is 11.7. The topological polar surface area (TPSA) is 71.9 Å². The van der Waals surface area contributed by atoms with Gasteiger partial charge in [0, 0.05) is 50.9 Å². The molecule has 8 nitrogen and oxygen atoms in total. The Morgan fingerprint density at radius 1 is 1.24 bits per heavy atom. The van der Waals surface area contributed by atoms with E-state index < -0.39 is 5.60 Å². The molecule has 2 heterocycles. The first-order chi connectivity index (χ1) is 16.1. The first kappa shape index (κ1) is 25.5. The van der Waals surface area contributed by atoms with E-state index in [0.29, 0.717) is 24.5 Å². The first-order valence-corrected chi connectivity index (χ1v) is 13.2. The normalized spacial score (nSPS) is 23.5. The fourth-order valence-corrected chi connectivity index (χ4v) is 5.20. The van der Waals surface area contributed by atoms with Crippen LogP contribution in [0.25, 0.3) is 0 Å². The second-order valence-corrected chi connectivity index (χ2v) is 11.7. The summed E-state index contributed by atoms with van der Waals surface area (Å²) in [5, 5.41) is 8.70. The third-order valence-corrected chi connectivity index (χ3v) is 7.14. The number of nitrogens with zero attached hydrogens (tertiary/aromatic N) is 4. The molecule has 0 atom stereocenters. The molecular weight excluding hydrogens is 430 g/mol. The Kier molecular flexibility index (Phi) is 7.89. The number of aromatic nitrogens is 2. The van der Waals surface area contributed by atoms with E-state index in [2.05, 4.69) is 40.7 Å². The molecule has 2 saturated carbocycles. The molecule has 3 aliphatic rings. The van der Waals surface area contributed by atoms with Gasteiger partial charge in [-0.3, -0.25) is 14.4 Å². The number of ether oxygens (including phenoxy) is 2. The number of hydrogen-bond donors (Lipinski definition) is 1. The second kappa shape index (κ2) is 10.5. The van der Waals surface area contributed by atoms with Gasteiger partial charge in [-0.05, 0) is 58.3 Å². The largest absolute Gasteiger partial charge is 0.459 e. The standard InChI is InChI=1S/C26H45N5O3/c1-18(2)24-22(25(29(6)28-24)30-9-11-33-12-10-30)15-27-20-13-21(14-20)31(16-19-7-8-19)17-23(32)34-26(3,4)5/h18-21,27H,7-17H2,1-6H3. The summed E-state index contributed by atoms with van der Waals surface area (Å²) < 4.78 is 13.2. The van der Waals surface area contributed by atoms with Crippen LogP contribution in [0.2, 0.25) is 0 Å². The van der Waals surface area contributed by atoms with Crippen LogP contribution in [0.3, 0.4) is 0 Å². The summed E-state index contributed by atoms with van der Waals surface area (Å²) in [6.07, 6.45) is 4.75. The minimum atomic E-state index is -0.429. The third kappa shape index (κ3) is 6.52. The number of morpholine rings is 1. The Bertz CT molecular complexity index is 830. The zero-order chi connectivity index (χ0) is 24.5. The van der Waals surface area contributed by atoms with Gasteiger partial charge in [0.15, 0.2) is 0 Å². The molecule has 0 spiro atoms. The molecule has 1 N–H and O–H groups in total. The summed E-state index contributed by atoms with van der Waals surface area (Å²) in [7, 11) is 2.06. The lowest BCUT2D eigenvalue weighted by Crippen LogP contribution is -2.54. The van der Waals surface area contributed by atoms with Gasteiger partial charge in [-0.1, -0.05) is 13.8 Å². The van der Waals surface area contributed by atoms with E-state index in [1.165, 1.54) is 29.9 Å². The molecule has 3 fully saturated rings. The zero-order valence-corrected chi connectivity index (χ0v) is 22.1. The van der Waals surface area contributed by atoms with Gasteiger partial charge in [0.05, 0.1) is 25.5 Å². The maximum absolute atomic E-state index is 12.5. The van der Waals surface area contributed by atoms with Gasteiger partial charge >= 0.3 is 5.97 Å². The summed E-state index contributed by atoms with van der Waals surface area (Å²) in [6.45, 7) is 15.9. The summed E-state index contributed by atoms with van der Waals surface area (Å²) in [4.78, 5) is 17.3. The minimum Gasteiger partial charge on any atom is -0.459 e. The van der Waals surface area contributed by atoms with Crippen molar-refractivity contribution < 1.29 is 14.3 Å². The van der Waals surface area contributed by atoms with E-state index in [-0.39, 0.29) is 5.97 Å². The maximum Gasteiger partial charge on any atom is 0.320 e. The summed E-state index contributed by atoms with van der Waals surface area (Å²) >= 11 is 0. The zero-order valence-electron chi connectivity index (χ0n) is 22.1. The SMILES string of the molecule is CC(C)c1nn(C)c(N2CCOCC2)c1CNC1CC(N(CC(=O)OC(C)(C)C)CC2CC2)C1. The fourth-order valence-electron chi connectivity index (χ4n) is 5.20. The van der Waals surface area contributed by atoms with Crippen molar-refractivity contribution in [3.05, 3.63) is 11.3 Å². The summed E-state index contributed by atoms with van der Waals surface area (Å²) in [5.41, 5.74) is 2.08. The van der Waals surface area contributed by atoms with Crippen LogP contribution in [0, 0.1) is 5.92 Å². The highest BCUT2D eigenvalue weighted by atomic mass is 16.6. The van der Waals surface area contributed by atoms with Crippen LogP contribution in [0.4, 0.5) is 5.82 Å². The molecule has 1 aromatic rings. The maximum atomic E-state index is 12.5. The van der Waals surface area contributed by atoms with E-state index in [0.717, 1.165) is 58.2 Å². The van der Waals surface area contributed by atoms with Gasteiger partial charge in [0.25, 0.3) is 0 Å². The number of rotatable bonds is 10. The lowest BCUT2D eigenvalue weighted by Gasteiger charge is -2.43. The molecular formula is C26H45N5O3. The molecule has 0 bridgehead atoms. The van der Waals surface area contributed by atoms with Crippen molar-refractivity contribution in [3.63, 3.8) is 0 Å². The van der Waals surface area contributed by atoms with Crippen LogP contribution < -0.4 is 10.2 Å². The Labute approximate surface area is 205 Å². The number of carbonyl (C=O) groups excluding carboxylic acids is 1. The van der Waals surface area contributed by atoms with Crippen molar-refractivity contribution in [2.45, 2.75) is 90.4 Å². The van der Waals surface area contributed by atoms with Crippen LogP contribution >= 0.6 is 0 Å². The molecule has 0 amide bonds. The number of aryl methyl sites for hydroxylation is 1. The van der Waals surface area contributed by atoms with Crippen LogP contribution in [0.5, 0.6) is 0 Å². The van der Waals surface area contributed by atoms with Gasteiger partial charge in [-0.2, -0.15) is 5.10 Å². The molecule has 1 saturated heterocycles. The van der Waals surface area contributed by atoms with E-state index in [4.69, 9.17) is 14.6 Å². The predicted molar refractivity (Wildman–Crippen MR) is 134 cm³/mol. The molecule has 2 aliphatic carbocycles. The van der Waals surface area contributed by atoms with Crippen molar-refractivity contribution in [1.29, 1.82) is 0 Å². The summed E-state index contributed by atoms with van der Waals surface area (Å²) in [6, 6.07) is 0.936. The van der Waals surface area contributed by atoms with Crippen LogP contribution in [-0.4, -0.2) is 77.7 Å². The van der Waals surface area contributed by atoms with E-state index >= 15 is 0 Å². The average molecular weight is 476 g/mol. The molecule has 192 valence electrons. The van der Waals surface area contributed by atoms with Crippen LogP contribution in [0.15, 0.2) is 0 Å². The highest BCUT2D eigenvalue weighted by Crippen LogP contribution is 2.35. The van der Waals surface area contributed by atoms with Crippen molar-refractivity contribution in [2.75, 3.05) is 44.3 Å². The third-order valence-electron chi connectivity index (χ3n) is 7.14.